The van der Waals surface area contributed by atoms with Crippen LogP contribution in [0.25, 0.3) is 22.9 Å². The van der Waals surface area contributed by atoms with E-state index in [1.165, 1.54) is 43.0 Å². The van der Waals surface area contributed by atoms with Gasteiger partial charge in [0, 0.05) is 16.7 Å². The number of nitrogens with zero attached hydrogens (tertiary/aromatic N) is 2. The summed E-state index contributed by atoms with van der Waals surface area (Å²) in [6.07, 6.45) is 1.61. The summed E-state index contributed by atoms with van der Waals surface area (Å²) in [5, 5.41) is 17.4. The van der Waals surface area contributed by atoms with Gasteiger partial charge in [-0.15, -0.1) is 10.2 Å². The summed E-state index contributed by atoms with van der Waals surface area (Å²) in [7, 11) is -4.44. The SMILES string of the molecule is c1ccc(-c2nnc(-c3cc(C[P+](c4ccccc4)(c4ccccc4)c4ccccc4)ccc3C[P+](c3ccccc3)(c3ccccc3)c3ccccc3)o2)cc1. The maximum atomic E-state index is 6.67. The predicted octanol–water partition coefficient (Wildman–Crippen LogP) is 10.4. The van der Waals surface area contributed by atoms with Gasteiger partial charge >= 0.3 is 0 Å². The zero-order valence-electron chi connectivity index (χ0n) is 31.6. The van der Waals surface area contributed by atoms with Gasteiger partial charge in [0.1, 0.15) is 46.4 Å². The van der Waals surface area contributed by atoms with Gasteiger partial charge in [-0.1, -0.05) is 140 Å². The van der Waals surface area contributed by atoms with Gasteiger partial charge in [-0.05, 0) is 96.6 Å². The molecule has 0 unspecified atom stereocenters. The number of rotatable bonds is 12. The number of aromatic nitrogens is 2. The van der Waals surface area contributed by atoms with Crippen molar-refractivity contribution in [2.24, 2.45) is 0 Å². The van der Waals surface area contributed by atoms with Gasteiger partial charge in [0.2, 0.25) is 11.8 Å². The van der Waals surface area contributed by atoms with Crippen LogP contribution in [-0.2, 0) is 12.3 Å². The van der Waals surface area contributed by atoms with Crippen molar-refractivity contribution in [3.05, 3.63) is 242 Å². The lowest BCUT2D eigenvalue weighted by molar-refractivity contribution is 0.584. The molecule has 1 heterocycles. The van der Waals surface area contributed by atoms with E-state index >= 15 is 0 Å². The maximum absolute atomic E-state index is 6.67. The highest BCUT2D eigenvalue weighted by molar-refractivity contribution is 7.95. The largest absolute Gasteiger partial charge is 0.416 e. The molecule has 9 aromatic rings. The lowest BCUT2D eigenvalue weighted by Gasteiger charge is -2.29. The highest BCUT2D eigenvalue weighted by atomic mass is 31.2. The molecule has 0 aliphatic carbocycles. The average Bonchev–Trinajstić information content (AvgIpc) is 3.80. The molecule has 57 heavy (non-hydrogen) atoms. The molecule has 0 aliphatic heterocycles. The Morgan fingerprint density at radius 3 is 1.05 bits per heavy atom. The summed E-state index contributed by atoms with van der Waals surface area (Å²) in [5.74, 6) is 1.04. The van der Waals surface area contributed by atoms with Crippen LogP contribution in [0, 0.1) is 0 Å². The normalized spacial score (nSPS) is 11.6. The van der Waals surface area contributed by atoms with Gasteiger partial charge in [-0.2, -0.15) is 0 Å². The molecule has 9 rings (SSSR count). The predicted molar refractivity (Wildman–Crippen MR) is 243 cm³/mol. The van der Waals surface area contributed by atoms with Crippen molar-refractivity contribution in [2.45, 2.75) is 12.3 Å². The Hall–Kier alpha value is -6.24. The van der Waals surface area contributed by atoms with E-state index in [0.29, 0.717) is 11.8 Å². The molecule has 0 saturated heterocycles. The third-order valence-electron chi connectivity index (χ3n) is 10.9. The first-order valence-electron chi connectivity index (χ1n) is 19.3. The Bertz CT molecular complexity index is 2460. The van der Waals surface area contributed by atoms with E-state index < -0.39 is 14.5 Å². The summed E-state index contributed by atoms with van der Waals surface area (Å²) < 4.78 is 6.67. The molecular weight excluding hydrogens is 731 g/mol. The van der Waals surface area contributed by atoms with E-state index in [2.05, 4.69) is 205 Å². The van der Waals surface area contributed by atoms with Crippen LogP contribution in [0.5, 0.6) is 0 Å². The van der Waals surface area contributed by atoms with E-state index in [4.69, 9.17) is 9.52 Å². The highest BCUT2D eigenvalue weighted by Gasteiger charge is 2.48. The Kier molecular flexibility index (Phi) is 10.5. The Morgan fingerprint density at radius 2 is 0.667 bits per heavy atom. The molecule has 0 bridgehead atoms. The van der Waals surface area contributed by atoms with Crippen molar-refractivity contribution in [1.82, 2.24) is 10.2 Å². The van der Waals surface area contributed by atoms with E-state index in [1.807, 2.05) is 30.3 Å². The lowest BCUT2D eigenvalue weighted by atomic mass is 10.1. The first-order valence-corrected chi connectivity index (χ1v) is 23.3. The van der Waals surface area contributed by atoms with E-state index in [1.54, 1.807) is 0 Å². The van der Waals surface area contributed by atoms with Crippen molar-refractivity contribution in [3.8, 4) is 22.9 Å². The van der Waals surface area contributed by atoms with Crippen LogP contribution < -0.4 is 31.8 Å². The van der Waals surface area contributed by atoms with Gasteiger partial charge in [0.05, 0.1) is 12.3 Å². The molecule has 1 aromatic heterocycles. The van der Waals surface area contributed by atoms with Gasteiger partial charge in [0.25, 0.3) is 0 Å². The third-order valence-corrected chi connectivity index (χ3v) is 19.6. The standard InChI is InChI=1S/C52H42N2OP2/c1-8-22-42(23-9-1)51-53-54-52(55-51)50-38-41(39-56(44-24-10-2-11-25-44,45-26-12-3-13-27-45)46-28-14-4-15-29-46)36-37-43(50)40-57(47-30-16-5-17-31-47,48-32-18-6-19-33-48)49-34-20-7-21-35-49/h1-38H,39-40H2/q+2. The van der Waals surface area contributed by atoms with Gasteiger partial charge in [-0.3, -0.25) is 0 Å². The highest BCUT2D eigenvalue weighted by Crippen LogP contribution is 2.60. The first kappa shape index (κ1) is 36.4. The fraction of sp³-hybridized carbons (Fsp3) is 0.0385. The summed E-state index contributed by atoms with van der Waals surface area (Å²) in [6.45, 7) is 0. The fourth-order valence-corrected chi connectivity index (χ4v) is 16.7. The van der Waals surface area contributed by atoms with Crippen molar-refractivity contribution < 1.29 is 4.42 Å². The van der Waals surface area contributed by atoms with Crippen LogP contribution in [0.3, 0.4) is 0 Å². The smallest absolute Gasteiger partial charge is 0.248 e. The van der Waals surface area contributed by atoms with Crippen LogP contribution in [0.4, 0.5) is 0 Å². The van der Waals surface area contributed by atoms with Crippen molar-refractivity contribution in [1.29, 1.82) is 0 Å². The molecular formula is C52H42N2OP2+2. The number of hydrogen-bond donors (Lipinski definition) is 0. The summed E-state index contributed by atoms with van der Waals surface area (Å²) in [6, 6.07) is 83.5. The molecule has 0 amide bonds. The fourth-order valence-electron chi connectivity index (χ4n) is 8.15. The minimum Gasteiger partial charge on any atom is -0.416 e. The molecule has 0 N–H and O–H groups in total. The molecule has 8 aromatic carbocycles. The quantitative estimate of drug-likeness (QED) is 0.116. The van der Waals surface area contributed by atoms with Crippen LogP contribution in [0.2, 0.25) is 0 Å². The number of benzene rings is 8. The van der Waals surface area contributed by atoms with Crippen LogP contribution >= 0.6 is 14.5 Å². The second kappa shape index (κ2) is 16.5. The van der Waals surface area contributed by atoms with Crippen molar-refractivity contribution in [2.75, 3.05) is 0 Å². The Labute approximate surface area is 336 Å². The zero-order valence-corrected chi connectivity index (χ0v) is 33.3. The monoisotopic (exact) mass is 772 g/mol. The first-order chi connectivity index (χ1) is 28.2. The summed E-state index contributed by atoms with van der Waals surface area (Å²) >= 11 is 0. The Morgan fingerprint density at radius 1 is 0.333 bits per heavy atom. The molecule has 274 valence electrons. The average molecular weight is 773 g/mol. The molecule has 3 nitrogen and oxygen atoms in total. The van der Waals surface area contributed by atoms with Crippen LogP contribution in [0.15, 0.2) is 235 Å². The molecule has 0 atom stereocenters. The van der Waals surface area contributed by atoms with E-state index in [0.717, 1.165) is 23.5 Å². The van der Waals surface area contributed by atoms with Gasteiger partial charge in [-0.25, -0.2) is 0 Å². The van der Waals surface area contributed by atoms with Crippen molar-refractivity contribution >= 4 is 46.4 Å². The van der Waals surface area contributed by atoms with Crippen LogP contribution in [-0.4, -0.2) is 10.2 Å². The van der Waals surface area contributed by atoms with Gasteiger partial charge in [0.15, 0.2) is 0 Å². The minimum atomic E-state index is -2.26. The third kappa shape index (κ3) is 7.18. The van der Waals surface area contributed by atoms with Gasteiger partial charge < -0.3 is 4.42 Å². The lowest BCUT2D eigenvalue weighted by Crippen LogP contribution is -2.33. The second-order valence-corrected chi connectivity index (χ2v) is 21.2. The van der Waals surface area contributed by atoms with Crippen LogP contribution in [0.1, 0.15) is 11.1 Å². The van der Waals surface area contributed by atoms with E-state index in [-0.39, 0.29) is 0 Å². The molecule has 5 heteroatoms. The second-order valence-electron chi connectivity index (χ2n) is 14.2. The molecule has 0 fully saturated rings. The zero-order chi connectivity index (χ0) is 38.3. The summed E-state index contributed by atoms with van der Waals surface area (Å²) in [4.78, 5) is 0. The minimum absolute atomic E-state index is 0.511. The number of hydrogen-bond acceptors (Lipinski definition) is 3. The Balaban J connectivity index is 1.27. The topological polar surface area (TPSA) is 38.9 Å². The molecule has 0 radical (unpaired) electrons. The maximum Gasteiger partial charge on any atom is 0.248 e. The van der Waals surface area contributed by atoms with Crippen molar-refractivity contribution in [3.63, 3.8) is 0 Å². The van der Waals surface area contributed by atoms with E-state index in [9.17, 15) is 0 Å². The molecule has 0 spiro atoms. The molecule has 0 saturated carbocycles. The summed E-state index contributed by atoms with van der Waals surface area (Å²) in [5.41, 5.74) is 4.27. The molecule has 0 aliphatic rings.